The molecule has 1 N–H and O–H groups in total. The van der Waals surface area contributed by atoms with Crippen LogP contribution < -0.4 is 0 Å². The topological polar surface area (TPSA) is 20.2 Å². The minimum absolute atomic E-state index is 0.178. The number of hydrogen-bond acceptors (Lipinski definition) is 1. The molecule has 1 radical (unpaired) electrons. The van der Waals surface area contributed by atoms with E-state index in [4.69, 9.17) is 28.3 Å². The monoisotopic (exact) mass is 189 g/mol. The molecule has 1 rings (SSSR count). The van der Waals surface area contributed by atoms with Crippen LogP contribution in [0.25, 0.3) is 0 Å². The Bertz CT molecular complexity index is 258. The van der Waals surface area contributed by atoms with E-state index in [1.54, 1.807) is 25.1 Å². The largest absolute Gasteiger partial charge is 0.382 e. The summed E-state index contributed by atoms with van der Waals surface area (Å²) in [7, 11) is 0. The van der Waals surface area contributed by atoms with Crippen molar-refractivity contribution in [1.82, 2.24) is 0 Å². The predicted octanol–water partition coefficient (Wildman–Crippen LogP) is 3.27. The summed E-state index contributed by atoms with van der Waals surface area (Å²) >= 11 is 11.4. The Morgan fingerprint density at radius 2 is 2.00 bits per heavy atom. The molecular weight excluding hydrogens is 183 g/mol. The van der Waals surface area contributed by atoms with Crippen LogP contribution in [0.4, 0.5) is 0 Å². The van der Waals surface area contributed by atoms with Crippen LogP contribution >= 0.6 is 23.2 Å². The summed E-state index contributed by atoms with van der Waals surface area (Å²) in [6.07, 6.45) is 0.178. The lowest BCUT2D eigenvalue weighted by Crippen LogP contribution is -1.92. The Hall–Kier alpha value is -0.240. The van der Waals surface area contributed by atoms with Gasteiger partial charge in [0, 0.05) is 15.6 Å². The van der Waals surface area contributed by atoms with Crippen LogP contribution in [0.2, 0.25) is 10.0 Å². The van der Waals surface area contributed by atoms with Crippen molar-refractivity contribution >= 4 is 23.2 Å². The number of aliphatic hydroxyl groups is 1. The number of benzene rings is 1. The van der Waals surface area contributed by atoms with E-state index in [9.17, 15) is 0 Å². The van der Waals surface area contributed by atoms with Crippen molar-refractivity contribution in [3.8, 4) is 0 Å². The van der Waals surface area contributed by atoms with Crippen molar-refractivity contribution in [2.75, 3.05) is 0 Å². The molecule has 0 bridgehead atoms. The van der Waals surface area contributed by atoms with Gasteiger partial charge in [-0.15, -0.1) is 0 Å². The molecule has 1 aromatic carbocycles. The Morgan fingerprint density at radius 1 is 1.36 bits per heavy atom. The summed E-state index contributed by atoms with van der Waals surface area (Å²) < 4.78 is 0. The molecule has 0 amide bonds. The third-order valence-electron chi connectivity index (χ3n) is 1.32. The van der Waals surface area contributed by atoms with Crippen molar-refractivity contribution in [1.29, 1.82) is 0 Å². The first-order valence-corrected chi connectivity index (χ1v) is 3.85. The highest BCUT2D eigenvalue weighted by molar-refractivity contribution is 6.33. The van der Waals surface area contributed by atoms with Crippen LogP contribution in [-0.2, 0) is 0 Å². The van der Waals surface area contributed by atoms with E-state index in [2.05, 4.69) is 0 Å². The minimum atomic E-state index is 0.178. The highest BCUT2D eigenvalue weighted by Gasteiger charge is 2.06. The van der Waals surface area contributed by atoms with Gasteiger partial charge in [0.1, 0.15) is 6.10 Å². The lowest BCUT2D eigenvalue weighted by molar-refractivity contribution is 0.341. The summed E-state index contributed by atoms with van der Waals surface area (Å²) in [5.41, 5.74) is 0.583. The van der Waals surface area contributed by atoms with Gasteiger partial charge in [-0.1, -0.05) is 23.2 Å². The molecular formula is C8H7Cl2O. The first-order valence-electron chi connectivity index (χ1n) is 3.09. The summed E-state index contributed by atoms with van der Waals surface area (Å²) in [4.78, 5) is 0. The van der Waals surface area contributed by atoms with E-state index in [0.29, 0.717) is 15.6 Å². The molecule has 0 aliphatic heterocycles. The maximum Gasteiger partial charge on any atom is 0.121 e. The van der Waals surface area contributed by atoms with Gasteiger partial charge >= 0.3 is 0 Å². The minimum Gasteiger partial charge on any atom is -0.382 e. The fourth-order valence-electron chi connectivity index (χ4n) is 0.775. The highest BCUT2D eigenvalue weighted by atomic mass is 35.5. The molecule has 0 heterocycles. The van der Waals surface area contributed by atoms with Gasteiger partial charge in [-0.3, -0.25) is 0 Å². The zero-order chi connectivity index (χ0) is 8.43. The van der Waals surface area contributed by atoms with Gasteiger partial charge in [-0.25, -0.2) is 0 Å². The van der Waals surface area contributed by atoms with Crippen molar-refractivity contribution in [2.24, 2.45) is 0 Å². The van der Waals surface area contributed by atoms with Gasteiger partial charge in [0.15, 0.2) is 0 Å². The molecule has 11 heavy (non-hydrogen) atoms. The zero-order valence-corrected chi connectivity index (χ0v) is 7.45. The molecule has 59 valence electrons. The standard InChI is InChI=1S/C8H7Cl2O/c1-5(11)7-4-6(9)2-3-8(7)10/h2-4,11H,1H3. The van der Waals surface area contributed by atoms with Gasteiger partial charge < -0.3 is 5.11 Å². The molecule has 1 nitrogen and oxygen atoms in total. The summed E-state index contributed by atoms with van der Waals surface area (Å²) in [5, 5.41) is 10.2. The van der Waals surface area contributed by atoms with Gasteiger partial charge in [0.2, 0.25) is 0 Å². The average molecular weight is 190 g/mol. The average Bonchev–Trinajstić information content (AvgIpc) is 1.94. The van der Waals surface area contributed by atoms with Gasteiger partial charge in [-0.2, -0.15) is 0 Å². The van der Waals surface area contributed by atoms with Crippen LogP contribution in [-0.4, -0.2) is 5.11 Å². The highest BCUT2D eigenvalue weighted by Crippen LogP contribution is 2.25. The number of hydrogen-bond donors (Lipinski definition) is 1. The second kappa shape index (κ2) is 3.44. The smallest absolute Gasteiger partial charge is 0.121 e. The lowest BCUT2D eigenvalue weighted by Gasteiger charge is -2.05. The normalized spacial score (nSPS) is 10.6. The van der Waals surface area contributed by atoms with Crippen LogP contribution in [0.1, 0.15) is 12.5 Å². The summed E-state index contributed by atoms with van der Waals surface area (Å²) in [6, 6.07) is 4.95. The molecule has 0 aliphatic rings. The van der Waals surface area contributed by atoms with E-state index in [0.717, 1.165) is 0 Å². The van der Waals surface area contributed by atoms with E-state index >= 15 is 0 Å². The van der Waals surface area contributed by atoms with Crippen LogP contribution in [0.5, 0.6) is 0 Å². The molecule has 0 unspecified atom stereocenters. The fraction of sp³-hybridized carbons (Fsp3) is 0.125. The van der Waals surface area contributed by atoms with Gasteiger partial charge in [0.05, 0.1) is 0 Å². The molecule has 0 fully saturated rings. The first kappa shape index (κ1) is 8.85. The molecule has 0 saturated heterocycles. The lowest BCUT2D eigenvalue weighted by atomic mass is 10.1. The van der Waals surface area contributed by atoms with Crippen LogP contribution in [0.15, 0.2) is 18.2 Å². The van der Waals surface area contributed by atoms with Crippen LogP contribution in [0, 0.1) is 6.10 Å². The third kappa shape index (κ3) is 2.09. The Balaban J connectivity index is 3.13. The summed E-state index contributed by atoms with van der Waals surface area (Å²) in [6.45, 7) is 1.57. The van der Waals surface area contributed by atoms with E-state index in [1.807, 2.05) is 0 Å². The second-order valence-electron chi connectivity index (χ2n) is 2.21. The molecule has 0 spiro atoms. The molecule has 0 aliphatic carbocycles. The molecule has 0 saturated carbocycles. The van der Waals surface area contributed by atoms with E-state index in [-0.39, 0.29) is 6.10 Å². The Kier molecular flexibility index (Phi) is 2.77. The van der Waals surface area contributed by atoms with E-state index in [1.165, 1.54) is 0 Å². The molecule has 0 aromatic heterocycles. The zero-order valence-electron chi connectivity index (χ0n) is 5.94. The maximum absolute atomic E-state index is 9.10. The molecule has 1 aromatic rings. The second-order valence-corrected chi connectivity index (χ2v) is 3.05. The molecule has 0 atom stereocenters. The summed E-state index contributed by atoms with van der Waals surface area (Å²) in [5.74, 6) is 0. The van der Waals surface area contributed by atoms with Gasteiger partial charge in [-0.05, 0) is 25.1 Å². The van der Waals surface area contributed by atoms with Crippen molar-refractivity contribution in [3.05, 3.63) is 39.9 Å². The van der Waals surface area contributed by atoms with E-state index < -0.39 is 0 Å². The molecule has 3 heteroatoms. The Labute approximate surface area is 75.6 Å². The SMILES string of the molecule is C[C](O)c1cc(Cl)ccc1Cl. The predicted molar refractivity (Wildman–Crippen MR) is 46.4 cm³/mol. The van der Waals surface area contributed by atoms with Crippen molar-refractivity contribution < 1.29 is 5.11 Å². The van der Waals surface area contributed by atoms with Gasteiger partial charge in [0.25, 0.3) is 0 Å². The maximum atomic E-state index is 9.10. The fourth-order valence-corrected chi connectivity index (χ4v) is 1.20. The number of rotatable bonds is 1. The quantitative estimate of drug-likeness (QED) is 0.720. The van der Waals surface area contributed by atoms with Crippen LogP contribution in [0.3, 0.4) is 0 Å². The number of halogens is 2. The Morgan fingerprint density at radius 3 is 2.45 bits per heavy atom. The van der Waals surface area contributed by atoms with Crippen molar-refractivity contribution in [2.45, 2.75) is 6.92 Å². The van der Waals surface area contributed by atoms with Crippen molar-refractivity contribution in [3.63, 3.8) is 0 Å². The third-order valence-corrected chi connectivity index (χ3v) is 1.88. The first-order chi connectivity index (χ1) is 5.11. The number of aliphatic hydroxyl groups excluding tert-OH is 1.